The largest absolute Gasteiger partial charge is 0.486 e. The number of carbonyl (C=O) groups excluding carboxylic acids is 1. The van der Waals surface area contributed by atoms with Gasteiger partial charge in [0.15, 0.2) is 17.3 Å². The molecule has 0 N–H and O–H groups in total. The van der Waals surface area contributed by atoms with Crippen molar-refractivity contribution < 1.29 is 31.6 Å². The van der Waals surface area contributed by atoms with Gasteiger partial charge in [0.25, 0.3) is 0 Å². The van der Waals surface area contributed by atoms with Crippen molar-refractivity contribution >= 4 is 16.0 Å². The third-order valence-corrected chi connectivity index (χ3v) is 6.48. The molecule has 0 saturated carbocycles. The van der Waals surface area contributed by atoms with E-state index in [9.17, 15) is 17.6 Å². The van der Waals surface area contributed by atoms with Crippen LogP contribution in [0, 0.1) is 19.7 Å². The molecular formula is C17H19FN2O6S. The van der Waals surface area contributed by atoms with Crippen LogP contribution in [0.3, 0.4) is 0 Å². The number of nitrogens with zero attached hydrogens (tertiary/aromatic N) is 2. The third kappa shape index (κ3) is 3.54. The number of carbonyl (C=O) groups is 1. The zero-order valence-electron chi connectivity index (χ0n) is 15.0. The molecule has 0 radical (unpaired) electrons. The molecule has 0 aliphatic carbocycles. The number of aromatic nitrogens is 1. The summed E-state index contributed by atoms with van der Waals surface area (Å²) in [6, 6.07) is 4.70. The van der Waals surface area contributed by atoms with Gasteiger partial charge in [-0.1, -0.05) is 17.3 Å². The maximum absolute atomic E-state index is 13.9. The van der Waals surface area contributed by atoms with E-state index >= 15 is 0 Å². The summed E-state index contributed by atoms with van der Waals surface area (Å²) in [6.45, 7) is 2.84. The van der Waals surface area contributed by atoms with Gasteiger partial charge in [-0.2, -0.15) is 4.31 Å². The topological polar surface area (TPSA) is 98.9 Å². The summed E-state index contributed by atoms with van der Waals surface area (Å²) in [7, 11) is -2.92. The van der Waals surface area contributed by atoms with E-state index in [1.54, 1.807) is 6.07 Å². The fraction of sp³-hybridized carbons (Fsp3) is 0.412. The van der Waals surface area contributed by atoms with E-state index in [-0.39, 0.29) is 35.1 Å². The summed E-state index contributed by atoms with van der Waals surface area (Å²) in [5.74, 6) is -1.18. The lowest BCUT2D eigenvalue weighted by Crippen LogP contribution is -2.41. The predicted octanol–water partition coefficient (Wildman–Crippen LogP) is 1.81. The van der Waals surface area contributed by atoms with Crippen LogP contribution in [0.2, 0.25) is 0 Å². The molecule has 2 heterocycles. The van der Waals surface area contributed by atoms with Crippen LogP contribution in [0.5, 0.6) is 5.75 Å². The highest BCUT2D eigenvalue weighted by Gasteiger charge is 2.47. The van der Waals surface area contributed by atoms with Crippen molar-refractivity contribution in [3.63, 3.8) is 0 Å². The van der Waals surface area contributed by atoms with Gasteiger partial charge in [-0.3, -0.25) is 4.79 Å². The quantitative estimate of drug-likeness (QED) is 0.708. The second kappa shape index (κ2) is 7.28. The van der Waals surface area contributed by atoms with Crippen molar-refractivity contribution in [1.29, 1.82) is 0 Å². The van der Waals surface area contributed by atoms with Crippen LogP contribution in [-0.4, -0.2) is 49.6 Å². The zero-order chi connectivity index (χ0) is 19.8. The summed E-state index contributed by atoms with van der Waals surface area (Å²) in [6.07, 6.45) is -0.690. The van der Waals surface area contributed by atoms with E-state index in [1.165, 1.54) is 39.2 Å². The number of esters is 1. The third-order valence-electron chi connectivity index (χ3n) is 4.36. The number of methoxy groups -OCH3 is 1. The fourth-order valence-electron chi connectivity index (χ4n) is 3.15. The Kier molecular flexibility index (Phi) is 5.20. The number of halogens is 1. The normalized spacial score (nSPS) is 20.6. The highest BCUT2D eigenvalue weighted by Crippen LogP contribution is 2.32. The number of benzene rings is 1. The Morgan fingerprint density at radius 3 is 2.63 bits per heavy atom. The molecule has 0 amide bonds. The Hall–Kier alpha value is -2.46. The molecule has 1 aliphatic rings. The van der Waals surface area contributed by atoms with Crippen LogP contribution in [0.1, 0.15) is 17.9 Å². The number of aryl methyl sites for hydroxylation is 2. The zero-order valence-corrected chi connectivity index (χ0v) is 15.8. The van der Waals surface area contributed by atoms with Gasteiger partial charge in [0, 0.05) is 6.42 Å². The molecule has 0 bridgehead atoms. The minimum absolute atomic E-state index is 0.0114. The first-order valence-corrected chi connectivity index (χ1v) is 9.63. The number of hydrogen-bond acceptors (Lipinski definition) is 7. The van der Waals surface area contributed by atoms with Crippen molar-refractivity contribution in [3.8, 4) is 5.75 Å². The van der Waals surface area contributed by atoms with Gasteiger partial charge < -0.3 is 14.0 Å². The number of para-hydroxylation sites is 1. The van der Waals surface area contributed by atoms with Crippen molar-refractivity contribution in [3.05, 3.63) is 41.5 Å². The molecule has 146 valence electrons. The van der Waals surface area contributed by atoms with Gasteiger partial charge >= 0.3 is 5.97 Å². The molecule has 1 aromatic heterocycles. The van der Waals surface area contributed by atoms with E-state index in [0.717, 1.165) is 4.31 Å². The molecule has 0 spiro atoms. The van der Waals surface area contributed by atoms with Crippen molar-refractivity contribution in [2.75, 3.05) is 13.7 Å². The van der Waals surface area contributed by atoms with E-state index in [4.69, 9.17) is 14.0 Å². The predicted molar refractivity (Wildman–Crippen MR) is 91.1 cm³/mol. The van der Waals surface area contributed by atoms with Crippen LogP contribution in [0.15, 0.2) is 33.7 Å². The maximum atomic E-state index is 13.9. The summed E-state index contributed by atoms with van der Waals surface area (Å²) in [5.41, 5.74) is 0.189. The van der Waals surface area contributed by atoms with Gasteiger partial charge in [-0.25, -0.2) is 12.8 Å². The SMILES string of the molecule is COC(=O)[C@H]1C[C@@H](Oc2ccccc2F)CN1S(=O)(=O)c1c(C)noc1C. The summed E-state index contributed by atoms with van der Waals surface area (Å²) in [4.78, 5) is 12.1. The average molecular weight is 398 g/mol. The molecule has 10 heteroatoms. The van der Waals surface area contributed by atoms with Gasteiger partial charge in [-0.05, 0) is 26.0 Å². The van der Waals surface area contributed by atoms with Crippen LogP contribution in [0.4, 0.5) is 4.39 Å². The van der Waals surface area contributed by atoms with E-state index in [2.05, 4.69) is 5.16 Å². The fourth-order valence-corrected chi connectivity index (χ4v) is 5.07. The molecule has 8 nitrogen and oxygen atoms in total. The summed E-state index contributed by atoms with van der Waals surface area (Å²) < 4.78 is 56.4. The molecule has 27 heavy (non-hydrogen) atoms. The van der Waals surface area contributed by atoms with Gasteiger partial charge in [0.05, 0.1) is 13.7 Å². The number of ether oxygens (including phenoxy) is 2. The lowest BCUT2D eigenvalue weighted by Gasteiger charge is -2.21. The van der Waals surface area contributed by atoms with E-state index in [1.807, 2.05) is 0 Å². The molecule has 0 unspecified atom stereocenters. The number of hydrogen-bond donors (Lipinski definition) is 0. The Bertz CT molecular complexity index is 939. The smallest absolute Gasteiger partial charge is 0.324 e. The van der Waals surface area contributed by atoms with Gasteiger partial charge in [0.1, 0.15) is 22.7 Å². The van der Waals surface area contributed by atoms with Crippen LogP contribution >= 0.6 is 0 Å². The number of rotatable bonds is 5. The maximum Gasteiger partial charge on any atom is 0.324 e. The molecule has 1 fully saturated rings. The highest BCUT2D eigenvalue weighted by molar-refractivity contribution is 7.89. The molecule has 2 atom stereocenters. The Morgan fingerprint density at radius 2 is 2.04 bits per heavy atom. The second-order valence-electron chi connectivity index (χ2n) is 6.17. The minimum atomic E-state index is -4.09. The van der Waals surface area contributed by atoms with E-state index in [0.29, 0.717) is 0 Å². The highest BCUT2D eigenvalue weighted by atomic mass is 32.2. The molecular weight excluding hydrogens is 379 g/mol. The monoisotopic (exact) mass is 398 g/mol. The Labute approximate surface area is 155 Å². The first-order valence-electron chi connectivity index (χ1n) is 8.19. The molecule has 1 aromatic carbocycles. The first-order chi connectivity index (χ1) is 12.8. The van der Waals surface area contributed by atoms with Crippen LogP contribution in [0.25, 0.3) is 0 Å². The summed E-state index contributed by atoms with van der Waals surface area (Å²) >= 11 is 0. The lowest BCUT2D eigenvalue weighted by atomic mass is 10.2. The second-order valence-corrected chi connectivity index (χ2v) is 8.00. The first kappa shape index (κ1) is 19.3. The van der Waals surface area contributed by atoms with Crippen LogP contribution < -0.4 is 4.74 Å². The Morgan fingerprint density at radius 1 is 1.33 bits per heavy atom. The number of sulfonamides is 1. The van der Waals surface area contributed by atoms with Gasteiger partial charge in [0.2, 0.25) is 10.0 Å². The lowest BCUT2D eigenvalue weighted by molar-refractivity contribution is -0.144. The molecule has 1 aliphatic heterocycles. The Balaban J connectivity index is 1.93. The average Bonchev–Trinajstić information content (AvgIpc) is 3.20. The molecule has 3 rings (SSSR count). The molecule has 1 saturated heterocycles. The molecule has 2 aromatic rings. The van der Waals surface area contributed by atoms with Crippen molar-refractivity contribution in [2.45, 2.75) is 37.3 Å². The minimum Gasteiger partial charge on any atom is -0.486 e. The van der Waals surface area contributed by atoms with E-state index < -0.39 is 34.0 Å². The van der Waals surface area contributed by atoms with Crippen LogP contribution in [-0.2, 0) is 19.6 Å². The standard InChI is InChI=1S/C17H19FN2O6S/c1-10-16(11(2)26-19-10)27(22,23)20-9-12(8-14(20)17(21)24-3)25-15-7-5-4-6-13(15)18/h4-7,12,14H,8-9H2,1-3H3/t12-,14-/m1/s1. The van der Waals surface area contributed by atoms with Gasteiger partial charge in [-0.15, -0.1) is 0 Å². The van der Waals surface area contributed by atoms with Crippen molar-refractivity contribution in [1.82, 2.24) is 9.46 Å². The summed E-state index contributed by atoms with van der Waals surface area (Å²) in [5, 5.41) is 3.66. The van der Waals surface area contributed by atoms with Crippen molar-refractivity contribution in [2.24, 2.45) is 0 Å².